The maximum atomic E-state index is 14.4. The number of fused-ring (bicyclic) bond motifs is 1. The highest BCUT2D eigenvalue weighted by atomic mass is 19.3. The maximum Gasteiger partial charge on any atom is 0.306 e. The van der Waals surface area contributed by atoms with E-state index in [4.69, 9.17) is 0 Å². The van der Waals surface area contributed by atoms with Gasteiger partial charge in [-0.15, -0.1) is 0 Å². The van der Waals surface area contributed by atoms with Crippen LogP contribution in [0, 0.1) is 6.92 Å². The minimum Gasteiger partial charge on any atom is -0.359 e. The fourth-order valence-electron chi connectivity index (χ4n) is 3.46. The van der Waals surface area contributed by atoms with E-state index < -0.39 is 29.6 Å². The number of nitrogens with zero attached hydrogens (tertiary/aromatic N) is 4. The van der Waals surface area contributed by atoms with Gasteiger partial charge in [0, 0.05) is 36.2 Å². The molecule has 3 aromatic heterocycles. The van der Waals surface area contributed by atoms with Crippen molar-refractivity contribution in [2.45, 2.75) is 25.9 Å². The normalized spacial score (nSPS) is 11.4. The van der Waals surface area contributed by atoms with E-state index >= 15 is 0 Å². The number of halogens is 2. The van der Waals surface area contributed by atoms with Crippen molar-refractivity contribution >= 4 is 22.6 Å². The summed E-state index contributed by atoms with van der Waals surface area (Å²) in [6, 6.07) is 13.6. The van der Waals surface area contributed by atoms with Gasteiger partial charge in [-0.25, -0.2) is 4.98 Å². The molecular weight excluding hydrogens is 442 g/mol. The molecular formula is C24H22F2N6O2. The highest BCUT2D eigenvalue weighted by Crippen LogP contribution is 2.25. The number of aryl methyl sites for hydroxylation is 1. The van der Waals surface area contributed by atoms with Crippen molar-refractivity contribution in [3.8, 4) is 0 Å². The smallest absolute Gasteiger partial charge is 0.306 e. The lowest BCUT2D eigenvalue weighted by Gasteiger charge is -2.17. The lowest BCUT2D eigenvalue weighted by atomic mass is 10.1. The van der Waals surface area contributed by atoms with E-state index in [2.05, 4.69) is 25.6 Å². The van der Waals surface area contributed by atoms with Crippen molar-refractivity contribution in [2.75, 3.05) is 11.9 Å². The molecule has 34 heavy (non-hydrogen) atoms. The SMILES string of the molecule is Cc1cnc(NCC(F)(F)c2ccccn2)c(=O)n1CC(=O)NCc1cccc2cccnc12. The average Bonchev–Trinajstić information content (AvgIpc) is 2.85. The van der Waals surface area contributed by atoms with Gasteiger partial charge in [-0.1, -0.05) is 30.3 Å². The van der Waals surface area contributed by atoms with E-state index in [0.29, 0.717) is 5.69 Å². The Bertz CT molecular complexity index is 1370. The van der Waals surface area contributed by atoms with Crippen molar-refractivity contribution in [1.82, 2.24) is 24.8 Å². The first-order chi connectivity index (χ1) is 16.3. The number of para-hydroxylation sites is 1. The summed E-state index contributed by atoms with van der Waals surface area (Å²) in [5.74, 6) is -3.99. The molecule has 0 spiro atoms. The summed E-state index contributed by atoms with van der Waals surface area (Å²) < 4.78 is 30.0. The number of amides is 1. The van der Waals surface area contributed by atoms with Crippen LogP contribution in [-0.4, -0.2) is 32.0 Å². The van der Waals surface area contributed by atoms with Gasteiger partial charge in [0.05, 0.1) is 12.1 Å². The second-order valence-corrected chi connectivity index (χ2v) is 7.68. The van der Waals surface area contributed by atoms with Gasteiger partial charge < -0.3 is 10.6 Å². The van der Waals surface area contributed by atoms with Gasteiger partial charge >= 0.3 is 5.92 Å². The van der Waals surface area contributed by atoms with Crippen LogP contribution in [0.5, 0.6) is 0 Å². The summed E-state index contributed by atoms with van der Waals surface area (Å²) in [5.41, 5.74) is 0.956. The molecule has 8 nitrogen and oxygen atoms in total. The van der Waals surface area contributed by atoms with Gasteiger partial charge in [-0.05, 0) is 30.7 Å². The second kappa shape index (κ2) is 9.74. The molecule has 2 N–H and O–H groups in total. The van der Waals surface area contributed by atoms with Crippen molar-refractivity contribution in [1.29, 1.82) is 0 Å². The molecule has 0 bridgehead atoms. The second-order valence-electron chi connectivity index (χ2n) is 7.68. The number of nitrogens with one attached hydrogen (secondary N) is 2. The number of alkyl halides is 2. The van der Waals surface area contributed by atoms with Crippen LogP contribution in [0.1, 0.15) is 17.0 Å². The number of aromatic nitrogens is 4. The van der Waals surface area contributed by atoms with Gasteiger partial charge in [0.25, 0.3) is 5.56 Å². The third kappa shape index (κ3) is 5.06. The Kier molecular flexibility index (Phi) is 6.58. The number of benzene rings is 1. The third-order valence-corrected chi connectivity index (χ3v) is 5.27. The zero-order chi connectivity index (χ0) is 24.1. The van der Waals surface area contributed by atoms with Crippen LogP contribution in [0.2, 0.25) is 0 Å². The van der Waals surface area contributed by atoms with Crippen molar-refractivity contribution in [2.24, 2.45) is 0 Å². The molecule has 10 heteroatoms. The Hall–Kier alpha value is -4.21. The molecule has 0 atom stereocenters. The van der Waals surface area contributed by atoms with E-state index in [0.717, 1.165) is 16.5 Å². The number of carbonyl (C=O) groups is 1. The van der Waals surface area contributed by atoms with Gasteiger partial charge in [-0.2, -0.15) is 8.78 Å². The Morgan fingerprint density at radius 1 is 1.03 bits per heavy atom. The van der Waals surface area contributed by atoms with E-state index in [9.17, 15) is 18.4 Å². The molecule has 0 unspecified atom stereocenters. The van der Waals surface area contributed by atoms with Gasteiger partial charge in [0.15, 0.2) is 5.82 Å². The maximum absolute atomic E-state index is 14.4. The summed E-state index contributed by atoms with van der Waals surface area (Å²) in [6.07, 6.45) is 4.30. The fraction of sp³-hybridized carbons (Fsp3) is 0.208. The summed E-state index contributed by atoms with van der Waals surface area (Å²) >= 11 is 0. The molecule has 0 saturated heterocycles. The molecule has 0 aliphatic carbocycles. The van der Waals surface area contributed by atoms with E-state index in [1.807, 2.05) is 30.3 Å². The molecule has 0 aliphatic heterocycles. The lowest BCUT2D eigenvalue weighted by Crippen LogP contribution is -2.36. The zero-order valence-electron chi connectivity index (χ0n) is 18.3. The summed E-state index contributed by atoms with van der Waals surface area (Å²) in [6.45, 7) is 0.697. The van der Waals surface area contributed by atoms with Crippen LogP contribution < -0.4 is 16.2 Å². The Labute approximate surface area is 193 Å². The minimum atomic E-state index is -3.31. The number of hydrogen-bond donors (Lipinski definition) is 2. The molecule has 0 aliphatic rings. The molecule has 1 amide bonds. The highest BCUT2D eigenvalue weighted by molar-refractivity contribution is 5.82. The third-order valence-electron chi connectivity index (χ3n) is 5.27. The Balaban J connectivity index is 1.44. The van der Waals surface area contributed by atoms with Crippen LogP contribution in [-0.2, 0) is 23.8 Å². The molecule has 4 rings (SSSR count). The van der Waals surface area contributed by atoms with Crippen molar-refractivity contribution in [3.05, 3.63) is 94.4 Å². The van der Waals surface area contributed by atoms with Crippen LogP contribution in [0.4, 0.5) is 14.6 Å². The topological polar surface area (TPSA) is 102 Å². The molecule has 3 heterocycles. The monoisotopic (exact) mass is 464 g/mol. The molecule has 0 fully saturated rings. The van der Waals surface area contributed by atoms with Gasteiger partial charge in [0.1, 0.15) is 12.2 Å². The van der Waals surface area contributed by atoms with Gasteiger partial charge in [0.2, 0.25) is 5.91 Å². The number of pyridine rings is 2. The Morgan fingerprint density at radius 3 is 2.62 bits per heavy atom. The summed E-state index contributed by atoms with van der Waals surface area (Å²) in [4.78, 5) is 37.4. The van der Waals surface area contributed by atoms with Crippen LogP contribution in [0.3, 0.4) is 0 Å². The summed E-state index contributed by atoms with van der Waals surface area (Å²) in [7, 11) is 0. The summed E-state index contributed by atoms with van der Waals surface area (Å²) in [5, 5.41) is 6.13. The lowest BCUT2D eigenvalue weighted by molar-refractivity contribution is -0.121. The number of hydrogen-bond acceptors (Lipinski definition) is 6. The number of carbonyl (C=O) groups excluding carboxylic acids is 1. The van der Waals surface area contributed by atoms with E-state index in [1.165, 1.54) is 35.2 Å². The van der Waals surface area contributed by atoms with Crippen LogP contribution in [0.15, 0.2) is 71.9 Å². The molecule has 0 radical (unpaired) electrons. The quantitative estimate of drug-likeness (QED) is 0.416. The Morgan fingerprint density at radius 2 is 1.82 bits per heavy atom. The number of rotatable bonds is 8. The first-order valence-corrected chi connectivity index (χ1v) is 10.5. The minimum absolute atomic E-state index is 0.230. The standard InChI is InChI=1S/C24H22F2N6O2/c1-16-12-30-22(31-15-24(25,26)19-9-2-3-10-27-19)23(34)32(16)14-20(33)29-13-18-7-4-6-17-8-5-11-28-21(17)18/h2-12H,13-15H2,1H3,(H,29,33)(H,30,31). The molecule has 0 saturated carbocycles. The van der Waals surface area contributed by atoms with Crippen LogP contribution >= 0.6 is 0 Å². The van der Waals surface area contributed by atoms with Crippen molar-refractivity contribution in [3.63, 3.8) is 0 Å². The predicted octanol–water partition coefficient (Wildman–Crippen LogP) is 3.02. The first kappa shape index (κ1) is 23.0. The highest BCUT2D eigenvalue weighted by Gasteiger charge is 2.33. The first-order valence-electron chi connectivity index (χ1n) is 10.5. The van der Waals surface area contributed by atoms with Crippen LogP contribution in [0.25, 0.3) is 10.9 Å². The predicted molar refractivity (Wildman–Crippen MR) is 123 cm³/mol. The van der Waals surface area contributed by atoms with E-state index in [1.54, 1.807) is 13.1 Å². The van der Waals surface area contributed by atoms with E-state index in [-0.39, 0.29) is 18.9 Å². The fourth-order valence-corrected chi connectivity index (χ4v) is 3.46. The molecule has 174 valence electrons. The largest absolute Gasteiger partial charge is 0.359 e. The number of anilines is 1. The molecule has 1 aromatic carbocycles. The zero-order valence-corrected chi connectivity index (χ0v) is 18.3. The average molecular weight is 464 g/mol. The van der Waals surface area contributed by atoms with Gasteiger partial charge in [-0.3, -0.25) is 24.1 Å². The van der Waals surface area contributed by atoms with Crippen molar-refractivity contribution < 1.29 is 13.6 Å². The molecule has 4 aromatic rings.